The first-order valence-corrected chi connectivity index (χ1v) is 7.03. The Hall–Kier alpha value is -0.400. The molecule has 2 aliphatic rings. The molecular formula is C14H25NO. The minimum atomic E-state index is 0.0966. The van der Waals surface area contributed by atoms with Crippen LogP contribution in [0.3, 0.4) is 0 Å². The molecule has 2 rings (SSSR count). The molecule has 2 nitrogen and oxygen atoms in total. The van der Waals surface area contributed by atoms with Crippen molar-refractivity contribution >= 4 is 0 Å². The quantitative estimate of drug-likeness (QED) is 0.606. The fourth-order valence-corrected chi connectivity index (χ4v) is 3.83. The van der Waals surface area contributed by atoms with Crippen LogP contribution in [0, 0.1) is 28.6 Å². The van der Waals surface area contributed by atoms with Crippen molar-refractivity contribution in [2.24, 2.45) is 28.8 Å². The summed E-state index contributed by atoms with van der Waals surface area (Å²) in [7, 11) is 0. The van der Waals surface area contributed by atoms with E-state index in [1.54, 1.807) is 0 Å². The van der Waals surface area contributed by atoms with Crippen molar-refractivity contribution in [3.05, 3.63) is 4.91 Å². The monoisotopic (exact) mass is 223 g/mol. The fraction of sp³-hybridized carbons (Fsp3) is 1.00. The predicted molar refractivity (Wildman–Crippen MR) is 67.2 cm³/mol. The summed E-state index contributed by atoms with van der Waals surface area (Å²) in [6.07, 6.45) is 8.79. The molecule has 92 valence electrons. The van der Waals surface area contributed by atoms with Gasteiger partial charge < -0.3 is 0 Å². The lowest BCUT2D eigenvalue weighted by molar-refractivity contribution is 0.259. The van der Waals surface area contributed by atoms with Gasteiger partial charge in [0.25, 0.3) is 0 Å². The van der Waals surface area contributed by atoms with E-state index in [1.807, 2.05) is 0 Å². The molecule has 2 heteroatoms. The smallest absolute Gasteiger partial charge is 0.0922 e. The number of hydrogen-bond donors (Lipinski definition) is 0. The van der Waals surface area contributed by atoms with Crippen molar-refractivity contribution in [2.45, 2.75) is 64.8 Å². The maximum Gasteiger partial charge on any atom is 0.0922 e. The summed E-state index contributed by atoms with van der Waals surface area (Å²) in [5.41, 5.74) is 0. The van der Waals surface area contributed by atoms with Crippen molar-refractivity contribution < 1.29 is 0 Å². The summed E-state index contributed by atoms with van der Waals surface area (Å²) in [5.74, 6) is 3.41. The zero-order valence-electron chi connectivity index (χ0n) is 10.7. The van der Waals surface area contributed by atoms with E-state index in [2.05, 4.69) is 19.0 Å². The van der Waals surface area contributed by atoms with Crippen molar-refractivity contribution in [3.8, 4) is 0 Å². The van der Waals surface area contributed by atoms with Crippen LogP contribution in [-0.2, 0) is 0 Å². The maximum absolute atomic E-state index is 10.8. The molecule has 2 saturated carbocycles. The van der Waals surface area contributed by atoms with Gasteiger partial charge in [-0.05, 0) is 55.8 Å². The van der Waals surface area contributed by atoms with E-state index < -0.39 is 0 Å². The second-order valence-corrected chi connectivity index (χ2v) is 6.21. The molecule has 0 aliphatic heterocycles. The molecule has 2 bridgehead atoms. The first kappa shape index (κ1) is 12.1. The van der Waals surface area contributed by atoms with Gasteiger partial charge in [-0.2, -0.15) is 4.91 Å². The molecule has 5 atom stereocenters. The molecule has 2 aliphatic carbocycles. The van der Waals surface area contributed by atoms with Gasteiger partial charge >= 0.3 is 0 Å². The molecule has 0 radical (unpaired) electrons. The highest BCUT2D eigenvalue weighted by molar-refractivity contribution is 4.85. The summed E-state index contributed by atoms with van der Waals surface area (Å²) in [5, 5.41) is 3.33. The van der Waals surface area contributed by atoms with E-state index in [1.165, 1.54) is 32.1 Å². The first-order chi connectivity index (χ1) is 7.70. The van der Waals surface area contributed by atoms with Crippen LogP contribution in [0.2, 0.25) is 0 Å². The average molecular weight is 223 g/mol. The van der Waals surface area contributed by atoms with Gasteiger partial charge in [0, 0.05) is 0 Å². The molecule has 0 aromatic rings. The molecule has 2 fully saturated rings. The lowest BCUT2D eigenvalue weighted by atomic mass is 9.81. The number of nitrogens with zero attached hydrogens (tertiary/aromatic N) is 1. The third-order valence-electron chi connectivity index (χ3n) is 5.11. The topological polar surface area (TPSA) is 29.4 Å². The normalized spacial score (nSPS) is 45.2. The van der Waals surface area contributed by atoms with E-state index in [0.29, 0.717) is 5.92 Å². The van der Waals surface area contributed by atoms with Crippen molar-refractivity contribution in [1.29, 1.82) is 0 Å². The Labute approximate surface area is 99.2 Å². The summed E-state index contributed by atoms with van der Waals surface area (Å²) in [6, 6.07) is 0.0966. The Morgan fingerprint density at radius 3 is 2.25 bits per heavy atom. The lowest BCUT2D eigenvalue weighted by Crippen LogP contribution is -2.19. The Morgan fingerprint density at radius 1 is 0.875 bits per heavy atom. The average Bonchev–Trinajstić information content (AvgIpc) is 2.75. The highest BCUT2D eigenvalue weighted by Crippen LogP contribution is 2.43. The van der Waals surface area contributed by atoms with Gasteiger partial charge in [-0.3, -0.25) is 0 Å². The van der Waals surface area contributed by atoms with Crippen LogP contribution in [-0.4, -0.2) is 6.04 Å². The second kappa shape index (κ2) is 5.29. The molecule has 4 unspecified atom stereocenters. The molecule has 0 spiro atoms. The third-order valence-corrected chi connectivity index (χ3v) is 5.11. The molecular weight excluding hydrogens is 198 g/mol. The number of nitroso groups, excluding NO2 is 1. The Balaban J connectivity index is 2.02. The summed E-state index contributed by atoms with van der Waals surface area (Å²) in [6.45, 7) is 4.74. The molecule has 0 heterocycles. The molecule has 0 aromatic heterocycles. The van der Waals surface area contributed by atoms with Crippen LogP contribution in [0.25, 0.3) is 0 Å². The Morgan fingerprint density at radius 2 is 1.56 bits per heavy atom. The molecule has 0 amide bonds. The van der Waals surface area contributed by atoms with Gasteiger partial charge in [-0.25, -0.2) is 0 Å². The van der Waals surface area contributed by atoms with Crippen LogP contribution in [0.5, 0.6) is 0 Å². The van der Waals surface area contributed by atoms with E-state index in [4.69, 9.17) is 0 Å². The van der Waals surface area contributed by atoms with Gasteiger partial charge in [0.15, 0.2) is 0 Å². The van der Waals surface area contributed by atoms with Crippen LogP contribution in [0.1, 0.15) is 58.8 Å². The van der Waals surface area contributed by atoms with E-state index in [9.17, 15) is 4.91 Å². The molecule has 0 saturated heterocycles. The van der Waals surface area contributed by atoms with Gasteiger partial charge in [0.05, 0.1) is 6.04 Å². The van der Waals surface area contributed by atoms with Gasteiger partial charge in [0.2, 0.25) is 0 Å². The number of fused-ring (bicyclic) bond motifs is 2. The van der Waals surface area contributed by atoms with E-state index >= 15 is 0 Å². The number of hydrogen-bond acceptors (Lipinski definition) is 2. The zero-order chi connectivity index (χ0) is 11.5. The van der Waals surface area contributed by atoms with Crippen LogP contribution >= 0.6 is 0 Å². The minimum Gasteiger partial charge on any atom is -0.151 e. The third kappa shape index (κ3) is 2.64. The molecule has 16 heavy (non-hydrogen) atoms. The maximum atomic E-state index is 10.8. The van der Waals surface area contributed by atoms with Crippen molar-refractivity contribution in [2.75, 3.05) is 0 Å². The van der Waals surface area contributed by atoms with Crippen molar-refractivity contribution in [3.63, 3.8) is 0 Å². The first-order valence-electron chi connectivity index (χ1n) is 7.03. The highest BCUT2D eigenvalue weighted by atomic mass is 16.3. The Kier molecular flexibility index (Phi) is 3.99. The van der Waals surface area contributed by atoms with E-state index in [-0.39, 0.29) is 6.04 Å². The fourth-order valence-electron chi connectivity index (χ4n) is 3.83. The van der Waals surface area contributed by atoms with Gasteiger partial charge in [-0.1, -0.05) is 31.9 Å². The summed E-state index contributed by atoms with van der Waals surface area (Å²) in [4.78, 5) is 10.8. The lowest BCUT2D eigenvalue weighted by Gasteiger charge is -2.26. The standard InChI is InChI=1S/C14H25NO/c1-10-4-3-5-14(15-16)8-11(2)13-7-6-12(10)9-13/h10-14H,3-9H2,1-2H3/t10?,11?,12-,13?,14?/m0/s1. The number of rotatable bonds is 1. The summed E-state index contributed by atoms with van der Waals surface area (Å²) >= 11 is 0. The van der Waals surface area contributed by atoms with Crippen LogP contribution in [0.4, 0.5) is 0 Å². The van der Waals surface area contributed by atoms with Crippen LogP contribution in [0.15, 0.2) is 5.18 Å². The Bertz CT molecular complexity index is 241. The molecule has 0 N–H and O–H groups in total. The minimum absolute atomic E-state index is 0.0966. The predicted octanol–water partition coefficient (Wildman–Crippen LogP) is 4.38. The van der Waals surface area contributed by atoms with Crippen molar-refractivity contribution in [1.82, 2.24) is 0 Å². The van der Waals surface area contributed by atoms with E-state index in [0.717, 1.165) is 30.6 Å². The van der Waals surface area contributed by atoms with Gasteiger partial charge in [0.1, 0.15) is 0 Å². The summed E-state index contributed by atoms with van der Waals surface area (Å²) < 4.78 is 0. The second-order valence-electron chi connectivity index (χ2n) is 6.21. The van der Waals surface area contributed by atoms with Gasteiger partial charge in [-0.15, -0.1) is 0 Å². The molecule has 0 aromatic carbocycles. The highest BCUT2D eigenvalue weighted by Gasteiger charge is 2.33. The largest absolute Gasteiger partial charge is 0.151 e. The van der Waals surface area contributed by atoms with Crippen LogP contribution < -0.4 is 0 Å². The SMILES string of the molecule is CC1CC(N=O)CCCC(C)[C@H]2CCC1C2. The zero-order valence-corrected chi connectivity index (χ0v) is 10.7.